The highest BCUT2D eigenvalue weighted by Gasteiger charge is 2.06. The maximum atomic E-state index is 6.20. The van der Waals surface area contributed by atoms with Crippen molar-refractivity contribution in [1.29, 1.82) is 0 Å². The third-order valence-electron chi connectivity index (χ3n) is 2.71. The Balaban J connectivity index is 2.08. The second kappa shape index (κ2) is 6.69. The topological polar surface area (TPSA) is 48.1 Å². The quantitative estimate of drug-likeness (QED) is 0.565. The molecule has 4 N–H and O–H groups in total. The van der Waals surface area contributed by atoms with E-state index in [2.05, 4.69) is 21.3 Å². The van der Waals surface area contributed by atoms with E-state index in [0.29, 0.717) is 0 Å². The molecule has 1 aliphatic heterocycles. The Morgan fingerprint density at radius 1 is 0.824 bits per heavy atom. The molecule has 4 nitrogen and oxygen atoms in total. The predicted octanol–water partition coefficient (Wildman–Crippen LogP) is 1.36. The van der Waals surface area contributed by atoms with Crippen LogP contribution in [0.15, 0.2) is 18.2 Å². The molecule has 0 aromatic heterocycles. The molecule has 0 unspecified atom stereocenters. The van der Waals surface area contributed by atoms with E-state index in [9.17, 15) is 0 Å². The van der Waals surface area contributed by atoms with Gasteiger partial charge in [0.2, 0.25) is 0 Å². The lowest BCUT2D eigenvalue weighted by atomic mass is 10.2. The smallest absolute Gasteiger partial charge is 0.0765 e. The van der Waals surface area contributed by atoms with Crippen LogP contribution in [0.1, 0.15) is 0 Å². The van der Waals surface area contributed by atoms with Crippen molar-refractivity contribution in [3.8, 4) is 0 Å². The molecule has 17 heavy (non-hydrogen) atoms. The van der Waals surface area contributed by atoms with Crippen molar-refractivity contribution in [3.05, 3.63) is 23.2 Å². The third-order valence-corrected chi connectivity index (χ3v) is 3.03. The number of hydrogen-bond acceptors (Lipinski definition) is 4. The molecule has 5 heteroatoms. The lowest BCUT2D eigenvalue weighted by Crippen LogP contribution is -2.33. The van der Waals surface area contributed by atoms with E-state index in [4.69, 9.17) is 11.6 Å². The number of rotatable bonds is 0. The Kier molecular flexibility index (Phi) is 4.91. The number of nitrogens with one attached hydrogen (secondary N) is 4. The normalized spacial score (nSPS) is 17.9. The molecular formula is C12H19ClN4. The van der Waals surface area contributed by atoms with Crippen molar-refractivity contribution < 1.29 is 0 Å². The van der Waals surface area contributed by atoms with Gasteiger partial charge in [0.15, 0.2) is 0 Å². The fraction of sp³-hybridized carbons (Fsp3) is 0.500. The zero-order valence-electron chi connectivity index (χ0n) is 9.85. The summed E-state index contributed by atoms with van der Waals surface area (Å²) >= 11 is 6.20. The molecule has 1 aliphatic rings. The molecule has 1 aromatic carbocycles. The van der Waals surface area contributed by atoms with Gasteiger partial charge in [-0.1, -0.05) is 17.7 Å². The SMILES string of the molecule is Clc1cccc2c1NCCNCCNCCN2. The van der Waals surface area contributed by atoms with Gasteiger partial charge in [-0.15, -0.1) is 0 Å². The van der Waals surface area contributed by atoms with Gasteiger partial charge in [0, 0.05) is 39.3 Å². The predicted molar refractivity (Wildman–Crippen MR) is 74.2 cm³/mol. The molecule has 0 aliphatic carbocycles. The zero-order chi connectivity index (χ0) is 11.9. The Morgan fingerprint density at radius 2 is 1.47 bits per heavy atom. The van der Waals surface area contributed by atoms with E-state index >= 15 is 0 Å². The minimum atomic E-state index is 0.764. The summed E-state index contributed by atoms with van der Waals surface area (Å²) in [6.07, 6.45) is 0. The Labute approximate surface area is 107 Å². The fourth-order valence-corrected chi connectivity index (χ4v) is 2.08. The van der Waals surface area contributed by atoms with Crippen molar-refractivity contribution >= 4 is 23.0 Å². The number of para-hydroxylation sites is 1. The average molecular weight is 255 g/mol. The second-order valence-corrected chi connectivity index (χ2v) is 4.42. The minimum Gasteiger partial charge on any atom is -0.382 e. The first kappa shape index (κ1) is 12.5. The number of hydrogen-bond donors (Lipinski definition) is 4. The van der Waals surface area contributed by atoms with Crippen molar-refractivity contribution in [2.75, 3.05) is 49.9 Å². The van der Waals surface area contributed by atoms with Gasteiger partial charge >= 0.3 is 0 Å². The molecule has 0 spiro atoms. The molecule has 0 radical (unpaired) electrons. The third kappa shape index (κ3) is 3.77. The first-order valence-corrected chi connectivity index (χ1v) is 6.43. The molecule has 0 fully saturated rings. The molecular weight excluding hydrogens is 236 g/mol. The highest BCUT2D eigenvalue weighted by atomic mass is 35.5. The lowest BCUT2D eigenvalue weighted by Gasteiger charge is -2.17. The zero-order valence-corrected chi connectivity index (χ0v) is 10.6. The number of halogens is 1. The van der Waals surface area contributed by atoms with Gasteiger partial charge in [0.25, 0.3) is 0 Å². The van der Waals surface area contributed by atoms with Crippen LogP contribution >= 0.6 is 11.6 Å². The van der Waals surface area contributed by atoms with Crippen LogP contribution in [-0.2, 0) is 0 Å². The highest BCUT2D eigenvalue weighted by molar-refractivity contribution is 6.33. The molecule has 2 rings (SSSR count). The van der Waals surface area contributed by atoms with E-state index in [1.54, 1.807) is 0 Å². The van der Waals surface area contributed by atoms with Crippen LogP contribution in [0.4, 0.5) is 11.4 Å². The van der Waals surface area contributed by atoms with Gasteiger partial charge in [-0.2, -0.15) is 0 Å². The number of benzene rings is 1. The monoisotopic (exact) mass is 254 g/mol. The van der Waals surface area contributed by atoms with Gasteiger partial charge in [-0.05, 0) is 12.1 Å². The van der Waals surface area contributed by atoms with E-state index in [-0.39, 0.29) is 0 Å². The fourth-order valence-electron chi connectivity index (χ4n) is 1.84. The van der Waals surface area contributed by atoms with Gasteiger partial charge in [-0.25, -0.2) is 0 Å². The van der Waals surface area contributed by atoms with E-state index < -0.39 is 0 Å². The van der Waals surface area contributed by atoms with Crippen molar-refractivity contribution in [2.24, 2.45) is 0 Å². The Bertz CT molecular complexity index is 356. The van der Waals surface area contributed by atoms with Crippen LogP contribution < -0.4 is 21.3 Å². The number of anilines is 2. The van der Waals surface area contributed by atoms with Crippen molar-refractivity contribution in [2.45, 2.75) is 0 Å². The largest absolute Gasteiger partial charge is 0.382 e. The van der Waals surface area contributed by atoms with Crippen LogP contribution in [0.3, 0.4) is 0 Å². The van der Waals surface area contributed by atoms with Gasteiger partial charge < -0.3 is 21.3 Å². The van der Waals surface area contributed by atoms with E-state index in [0.717, 1.165) is 55.7 Å². The summed E-state index contributed by atoms with van der Waals surface area (Å²) in [4.78, 5) is 0. The van der Waals surface area contributed by atoms with Crippen LogP contribution in [0, 0.1) is 0 Å². The molecule has 94 valence electrons. The summed E-state index contributed by atoms with van der Waals surface area (Å²) in [6, 6.07) is 5.92. The Morgan fingerprint density at radius 3 is 2.24 bits per heavy atom. The van der Waals surface area contributed by atoms with Crippen molar-refractivity contribution in [1.82, 2.24) is 10.6 Å². The number of fused-ring (bicyclic) bond motifs is 1. The molecule has 0 atom stereocenters. The summed E-state index contributed by atoms with van der Waals surface area (Å²) in [5.74, 6) is 0. The standard InChI is InChI=1S/C12H19ClN4/c13-10-2-1-3-11-12(10)17-9-7-15-5-4-14-6-8-16-11/h1-3,14-17H,4-9H2. The first-order valence-electron chi connectivity index (χ1n) is 6.05. The summed E-state index contributed by atoms with van der Waals surface area (Å²) in [5.41, 5.74) is 2.07. The van der Waals surface area contributed by atoms with Crippen LogP contribution in [-0.4, -0.2) is 39.3 Å². The van der Waals surface area contributed by atoms with Crippen molar-refractivity contribution in [3.63, 3.8) is 0 Å². The molecule has 1 heterocycles. The Hall–Kier alpha value is -0.970. The molecule has 0 amide bonds. The van der Waals surface area contributed by atoms with Gasteiger partial charge in [0.1, 0.15) is 0 Å². The van der Waals surface area contributed by atoms with Crippen LogP contribution in [0.25, 0.3) is 0 Å². The highest BCUT2D eigenvalue weighted by Crippen LogP contribution is 2.29. The summed E-state index contributed by atoms with van der Waals surface area (Å²) in [7, 11) is 0. The molecule has 0 saturated carbocycles. The average Bonchev–Trinajstić information content (AvgIpc) is 2.31. The molecule has 0 saturated heterocycles. The maximum absolute atomic E-state index is 6.20. The van der Waals surface area contributed by atoms with E-state index in [1.165, 1.54) is 0 Å². The summed E-state index contributed by atoms with van der Waals surface area (Å²) in [6.45, 7) is 5.66. The minimum absolute atomic E-state index is 0.764. The first-order chi connectivity index (χ1) is 8.38. The molecule has 1 aromatic rings. The van der Waals surface area contributed by atoms with Crippen LogP contribution in [0.2, 0.25) is 5.02 Å². The second-order valence-electron chi connectivity index (χ2n) is 4.02. The van der Waals surface area contributed by atoms with Gasteiger partial charge in [0.05, 0.1) is 16.4 Å². The van der Waals surface area contributed by atoms with Gasteiger partial charge in [-0.3, -0.25) is 0 Å². The van der Waals surface area contributed by atoms with Crippen LogP contribution in [0.5, 0.6) is 0 Å². The molecule has 0 bridgehead atoms. The summed E-state index contributed by atoms with van der Waals surface area (Å²) < 4.78 is 0. The maximum Gasteiger partial charge on any atom is 0.0765 e. The summed E-state index contributed by atoms with van der Waals surface area (Å²) in [5, 5.41) is 14.3. The van der Waals surface area contributed by atoms with E-state index in [1.807, 2.05) is 18.2 Å². The lowest BCUT2D eigenvalue weighted by molar-refractivity contribution is 0.625.